The SMILES string of the molecule is CCC(=O)N[C@H]1[C@H]([C@H](O)[C@H](O)CO)O[C@@](O[C@H]2[C@@H](O)[C@@H](CO)O[C@@H](OC[C@H]3O[C@H](OC)[C@H](O)[C@@H](O)[C@@H]3O)[C@@H]2O)(C(=O)O)C[C@@H]1O. The van der Waals surface area contributed by atoms with E-state index in [-0.39, 0.29) is 6.42 Å². The number of carboxylic acids is 1. The number of rotatable bonds is 13. The van der Waals surface area contributed by atoms with E-state index in [9.17, 15) is 65.8 Å². The monoisotopic (exact) mass is 661 g/mol. The van der Waals surface area contributed by atoms with Crippen LogP contribution in [-0.4, -0.2) is 193 Å². The summed E-state index contributed by atoms with van der Waals surface area (Å²) in [5, 5.41) is 116. The zero-order valence-corrected chi connectivity index (χ0v) is 24.4. The van der Waals surface area contributed by atoms with Crippen LogP contribution in [0.15, 0.2) is 0 Å². The van der Waals surface area contributed by atoms with Crippen molar-refractivity contribution in [3.8, 4) is 0 Å². The molecule has 12 N–H and O–H groups in total. The molecule has 0 spiro atoms. The lowest BCUT2D eigenvalue weighted by Crippen LogP contribution is -2.70. The fourth-order valence-electron chi connectivity index (χ4n) is 5.29. The first-order valence-corrected chi connectivity index (χ1v) is 14.2. The molecule has 3 saturated heterocycles. The van der Waals surface area contributed by atoms with E-state index in [2.05, 4.69) is 5.32 Å². The van der Waals surface area contributed by atoms with Crippen molar-refractivity contribution in [3.63, 3.8) is 0 Å². The van der Waals surface area contributed by atoms with Crippen molar-refractivity contribution in [2.75, 3.05) is 26.9 Å². The lowest BCUT2D eigenvalue weighted by atomic mass is 9.88. The Bertz CT molecular complexity index is 975. The quantitative estimate of drug-likeness (QED) is 0.0872. The molecule has 0 saturated carbocycles. The topological polar surface area (TPSA) is 324 Å². The summed E-state index contributed by atoms with van der Waals surface area (Å²) in [7, 11) is 1.16. The number of hydrogen-bond acceptors (Lipinski definition) is 18. The Kier molecular flexibility index (Phi) is 13.4. The van der Waals surface area contributed by atoms with Gasteiger partial charge in [0.15, 0.2) is 12.6 Å². The van der Waals surface area contributed by atoms with Crippen LogP contribution >= 0.6 is 0 Å². The van der Waals surface area contributed by atoms with Crippen LogP contribution in [0.2, 0.25) is 0 Å². The first kappa shape index (κ1) is 37.8. The molecule has 3 rings (SSSR count). The Morgan fingerprint density at radius 2 is 1.58 bits per heavy atom. The molecule has 0 aliphatic carbocycles. The third-order valence-electron chi connectivity index (χ3n) is 7.94. The lowest BCUT2D eigenvalue weighted by Gasteiger charge is -2.50. The van der Waals surface area contributed by atoms with Gasteiger partial charge in [-0.2, -0.15) is 0 Å². The maximum absolute atomic E-state index is 12.6. The van der Waals surface area contributed by atoms with Gasteiger partial charge in [-0.3, -0.25) is 4.79 Å². The van der Waals surface area contributed by atoms with Gasteiger partial charge in [-0.05, 0) is 0 Å². The van der Waals surface area contributed by atoms with Crippen molar-refractivity contribution in [2.45, 2.75) is 117 Å². The average molecular weight is 662 g/mol. The molecule has 3 fully saturated rings. The molecule has 1 amide bonds. The second kappa shape index (κ2) is 15.9. The molecule has 262 valence electrons. The van der Waals surface area contributed by atoms with Crippen LogP contribution in [0.5, 0.6) is 0 Å². The molecule has 3 aliphatic rings. The predicted octanol–water partition coefficient (Wildman–Crippen LogP) is -7.18. The molecule has 0 aromatic rings. The third kappa shape index (κ3) is 8.06. The highest BCUT2D eigenvalue weighted by Gasteiger charge is 2.59. The normalized spacial score (nSPS) is 43.8. The second-order valence-corrected chi connectivity index (χ2v) is 11.0. The summed E-state index contributed by atoms with van der Waals surface area (Å²) in [6, 6.07) is -1.51. The van der Waals surface area contributed by atoms with Gasteiger partial charge in [0.05, 0.1) is 32.0 Å². The Balaban J connectivity index is 1.87. The molecule has 3 aliphatic heterocycles. The molecule has 45 heavy (non-hydrogen) atoms. The summed E-state index contributed by atoms with van der Waals surface area (Å²) in [6.45, 7) is -1.11. The molecule has 0 aromatic heterocycles. The number of nitrogens with one attached hydrogen (secondary N) is 1. The maximum atomic E-state index is 12.6. The molecular weight excluding hydrogens is 618 g/mol. The molecule has 20 nitrogen and oxygen atoms in total. The fourth-order valence-corrected chi connectivity index (χ4v) is 5.29. The lowest BCUT2D eigenvalue weighted by molar-refractivity contribution is -0.373. The number of hydrogen-bond donors (Lipinski definition) is 12. The van der Waals surface area contributed by atoms with Crippen molar-refractivity contribution in [2.24, 2.45) is 0 Å². The average Bonchev–Trinajstić information content (AvgIpc) is 3.02. The number of carbonyl (C=O) groups excluding carboxylic acids is 1. The van der Waals surface area contributed by atoms with Gasteiger partial charge in [0.25, 0.3) is 5.79 Å². The summed E-state index contributed by atoms with van der Waals surface area (Å²) in [5.41, 5.74) is 0. The number of carbonyl (C=O) groups is 2. The minimum absolute atomic E-state index is 0.0891. The van der Waals surface area contributed by atoms with Crippen molar-refractivity contribution in [3.05, 3.63) is 0 Å². The first-order valence-electron chi connectivity index (χ1n) is 14.2. The van der Waals surface area contributed by atoms with Gasteiger partial charge in [-0.1, -0.05) is 6.92 Å². The molecule has 16 atom stereocenters. The Hall–Kier alpha value is -1.70. The van der Waals surface area contributed by atoms with E-state index in [0.29, 0.717) is 0 Å². The van der Waals surface area contributed by atoms with Crippen LogP contribution in [-0.2, 0) is 38.0 Å². The highest BCUT2D eigenvalue weighted by atomic mass is 16.8. The molecule has 20 heteroatoms. The largest absolute Gasteiger partial charge is 0.477 e. The van der Waals surface area contributed by atoms with E-state index in [4.69, 9.17) is 28.4 Å². The number of ether oxygens (including phenoxy) is 6. The van der Waals surface area contributed by atoms with Crippen LogP contribution in [0.4, 0.5) is 0 Å². The number of aliphatic hydroxyl groups is 10. The molecular formula is C25H43NO19. The molecule has 0 aromatic carbocycles. The van der Waals surface area contributed by atoms with Crippen LogP contribution in [0, 0.1) is 0 Å². The van der Waals surface area contributed by atoms with Gasteiger partial charge in [0.1, 0.15) is 67.1 Å². The van der Waals surface area contributed by atoms with E-state index in [1.54, 1.807) is 0 Å². The van der Waals surface area contributed by atoms with E-state index >= 15 is 0 Å². The zero-order valence-electron chi connectivity index (χ0n) is 24.4. The minimum Gasteiger partial charge on any atom is -0.477 e. The molecule has 0 bridgehead atoms. The van der Waals surface area contributed by atoms with Crippen LogP contribution in [0.25, 0.3) is 0 Å². The molecule has 0 radical (unpaired) electrons. The van der Waals surface area contributed by atoms with E-state index in [1.807, 2.05) is 0 Å². The van der Waals surface area contributed by atoms with Gasteiger partial charge < -0.3 is 89.9 Å². The maximum Gasteiger partial charge on any atom is 0.364 e. The molecule has 3 heterocycles. The van der Waals surface area contributed by atoms with Gasteiger partial charge in [-0.15, -0.1) is 0 Å². The van der Waals surface area contributed by atoms with Gasteiger partial charge in [-0.25, -0.2) is 4.79 Å². The summed E-state index contributed by atoms with van der Waals surface area (Å²) in [6.07, 6.45) is -26.0. The van der Waals surface area contributed by atoms with Crippen LogP contribution in [0.3, 0.4) is 0 Å². The van der Waals surface area contributed by atoms with Crippen LogP contribution in [0.1, 0.15) is 19.8 Å². The fraction of sp³-hybridized carbons (Fsp3) is 0.920. The Labute approximate surface area is 256 Å². The van der Waals surface area contributed by atoms with Gasteiger partial charge in [0.2, 0.25) is 5.91 Å². The highest BCUT2D eigenvalue weighted by molar-refractivity contribution is 5.77. The van der Waals surface area contributed by atoms with Crippen molar-refractivity contribution < 1.29 is 94.2 Å². The summed E-state index contributed by atoms with van der Waals surface area (Å²) < 4.78 is 32.3. The smallest absolute Gasteiger partial charge is 0.364 e. The Morgan fingerprint density at radius 1 is 0.933 bits per heavy atom. The minimum atomic E-state index is -2.98. The predicted molar refractivity (Wildman–Crippen MR) is 139 cm³/mol. The number of aliphatic hydroxyl groups excluding tert-OH is 10. The van der Waals surface area contributed by atoms with E-state index < -0.39 is 136 Å². The van der Waals surface area contributed by atoms with E-state index in [1.165, 1.54) is 6.92 Å². The zero-order chi connectivity index (χ0) is 33.8. The van der Waals surface area contributed by atoms with E-state index in [0.717, 1.165) is 7.11 Å². The third-order valence-corrected chi connectivity index (χ3v) is 7.94. The Morgan fingerprint density at radius 3 is 2.13 bits per heavy atom. The van der Waals surface area contributed by atoms with Crippen molar-refractivity contribution in [1.82, 2.24) is 5.32 Å². The summed E-state index contributed by atoms with van der Waals surface area (Å²) in [4.78, 5) is 24.7. The highest BCUT2D eigenvalue weighted by Crippen LogP contribution is 2.37. The van der Waals surface area contributed by atoms with Gasteiger partial charge in [0, 0.05) is 20.0 Å². The summed E-state index contributed by atoms with van der Waals surface area (Å²) >= 11 is 0. The van der Waals surface area contributed by atoms with Crippen molar-refractivity contribution >= 4 is 11.9 Å². The standard InChI is InChI=1S/C25H43NO19/c1-3-12(31)26-13-8(29)4-25(24(38)39,44-20(13)14(32)9(30)5-27)45-21-16(34)10(6-28)42-23(19(21)37)41-7-11-15(33)17(35)18(36)22(40-2)43-11/h8-11,13-23,27-30,32-37H,3-7H2,1-2H3,(H,26,31)(H,38,39)/t8-,9+,10+,11+,13+,14+,15+,16-,17-,18+,19+,20+,21-,22-,23+,25-/m0/s1. The van der Waals surface area contributed by atoms with Crippen LogP contribution < -0.4 is 5.32 Å². The number of aliphatic carboxylic acids is 1. The number of carboxylic acid groups (broad SMARTS) is 1. The number of amides is 1. The van der Waals surface area contributed by atoms with Gasteiger partial charge >= 0.3 is 5.97 Å². The number of methoxy groups -OCH3 is 1. The molecule has 0 unspecified atom stereocenters. The second-order valence-electron chi connectivity index (χ2n) is 11.0. The van der Waals surface area contributed by atoms with Crippen molar-refractivity contribution in [1.29, 1.82) is 0 Å². The summed E-state index contributed by atoms with van der Waals surface area (Å²) in [5.74, 6) is -5.55. The first-order chi connectivity index (χ1) is 21.2.